The number of hydrogen-bond acceptors (Lipinski definition) is 5. The van der Waals surface area contributed by atoms with Crippen molar-refractivity contribution >= 4 is 39.1 Å². The number of carbonyl (C=O) groups is 2. The number of ether oxygens (including phenoxy) is 1. The SMILES string of the molecule is CC[C@@H](C)NC(=O)[C@@H](Cc1ccccc1)N(Cc1ccccc1C)C(=O)CN(c1ccc(OC)c(Cl)c1)S(=O)(=O)c1ccc(C)cc1. The molecule has 1 N–H and O–H groups in total. The van der Waals surface area contributed by atoms with Gasteiger partial charge in [-0.1, -0.05) is 90.8 Å². The van der Waals surface area contributed by atoms with E-state index in [0.717, 1.165) is 26.6 Å². The van der Waals surface area contributed by atoms with E-state index in [1.165, 1.54) is 30.2 Å². The fourth-order valence-electron chi connectivity index (χ4n) is 5.14. The van der Waals surface area contributed by atoms with Gasteiger partial charge >= 0.3 is 0 Å². The number of rotatable bonds is 14. The zero-order valence-electron chi connectivity index (χ0n) is 27.4. The number of halogens is 1. The van der Waals surface area contributed by atoms with Crippen LogP contribution in [0, 0.1) is 13.8 Å². The Balaban J connectivity index is 1.84. The Bertz CT molecular complexity index is 1780. The molecule has 4 aromatic carbocycles. The number of benzene rings is 4. The van der Waals surface area contributed by atoms with E-state index in [1.807, 2.05) is 82.3 Å². The number of carbonyl (C=O) groups excluding carboxylic acids is 2. The maximum atomic E-state index is 14.7. The predicted molar refractivity (Wildman–Crippen MR) is 187 cm³/mol. The normalized spacial score (nSPS) is 12.6. The minimum absolute atomic E-state index is 0.0173. The van der Waals surface area contributed by atoms with Gasteiger partial charge in [-0.2, -0.15) is 0 Å². The van der Waals surface area contributed by atoms with Crippen molar-refractivity contribution in [1.29, 1.82) is 0 Å². The number of nitrogens with zero attached hydrogens (tertiary/aromatic N) is 2. The highest BCUT2D eigenvalue weighted by Gasteiger charge is 2.35. The summed E-state index contributed by atoms with van der Waals surface area (Å²) in [5.41, 5.74) is 3.72. The summed E-state index contributed by atoms with van der Waals surface area (Å²) in [5.74, 6) is -0.498. The molecule has 0 fully saturated rings. The number of sulfonamides is 1. The highest BCUT2D eigenvalue weighted by atomic mass is 35.5. The van der Waals surface area contributed by atoms with Crippen LogP contribution in [-0.4, -0.2) is 50.9 Å². The smallest absolute Gasteiger partial charge is 0.264 e. The first-order valence-corrected chi connectivity index (χ1v) is 17.4. The van der Waals surface area contributed by atoms with Crippen molar-refractivity contribution < 1.29 is 22.7 Å². The lowest BCUT2D eigenvalue weighted by Gasteiger charge is -2.34. The molecule has 0 saturated heterocycles. The van der Waals surface area contributed by atoms with E-state index >= 15 is 0 Å². The van der Waals surface area contributed by atoms with Crippen LogP contribution in [0.4, 0.5) is 5.69 Å². The number of methoxy groups -OCH3 is 1. The minimum atomic E-state index is -4.26. The van der Waals surface area contributed by atoms with Crippen LogP contribution >= 0.6 is 11.6 Å². The molecule has 0 heterocycles. The van der Waals surface area contributed by atoms with Crippen molar-refractivity contribution in [3.05, 3.63) is 124 Å². The Hall–Kier alpha value is -4.34. The van der Waals surface area contributed by atoms with Gasteiger partial charge in [0.05, 0.1) is 22.7 Å². The van der Waals surface area contributed by atoms with Crippen LogP contribution in [-0.2, 0) is 32.6 Å². The summed E-state index contributed by atoms with van der Waals surface area (Å²) in [6.45, 7) is 7.21. The quantitative estimate of drug-likeness (QED) is 0.160. The molecule has 8 nitrogen and oxygen atoms in total. The molecule has 0 aliphatic carbocycles. The Morgan fingerprint density at radius 2 is 1.57 bits per heavy atom. The molecule has 0 aliphatic rings. The second-order valence-electron chi connectivity index (χ2n) is 11.6. The maximum absolute atomic E-state index is 14.7. The van der Waals surface area contributed by atoms with Crippen molar-refractivity contribution in [2.24, 2.45) is 0 Å². The van der Waals surface area contributed by atoms with Crippen molar-refractivity contribution in [3.63, 3.8) is 0 Å². The van der Waals surface area contributed by atoms with Crippen LogP contribution in [0.3, 0.4) is 0 Å². The van der Waals surface area contributed by atoms with E-state index in [-0.39, 0.29) is 40.5 Å². The van der Waals surface area contributed by atoms with Crippen LogP contribution in [0.15, 0.2) is 102 Å². The summed E-state index contributed by atoms with van der Waals surface area (Å²) in [4.78, 5) is 30.2. The zero-order valence-corrected chi connectivity index (χ0v) is 29.0. The van der Waals surface area contributed by atoms with Crippen molar-refractivity contribution in [2.45, 2.75) is 64.1 Å². The summed E-state index contributed by atoms with van der Waals surface area (Å²) in [7, 11) is -2.79. The maximum Gasteiger partial charge on any atom is 0.264 e. The highest BCUT2D eigenvalue weighted by Crippen LogP contribution is 2.32. The molecule has 2 atom stereocenters. The van der Waals surface area contributed by atoms with Crippen LogP contribution in [0.25, 0.3) is 0 Å². The Morgan fingerprint density at radius 3 is 2.19 bits per heavy atom. The number of hydrogen-bond donors (Lipinski definition) is 1. The third-order valence-corrected chi connectivity index (χ3v) is 10.3. The van der Waals surface area contributed by atoms with E-state index in [0.29, 0.717) is 12.2 Å². The zero-order chi connectivity index (χ0) is 34.1. The first-order chi connectivity index (χ1) is 22.4. The number of aryl methyl sites for hydroxylation is 2. The summed E-state index contributed by atoms with van der Waals surface area (Å²) in [5, 5.41) is 3.24. The molecule has 10 heteroatoms. The van der Waals surface area contributed by atoms with Gasteiger partial charge in [-0.25, -0.2) is 8.42 Å². The van der Waals surface area contributed by atoms with Crippen molar-refractivity contribution in [1.82, 2.24) is 10.2 Å². The number of amides is 2. The molecule has 0 spiro atoms. The van der Waals surface area contributed by atoms with E-state index in [4.69, 9.17) is 16.3 Å². The average Bonchev–Trinajstić information content (AvgIpc) is 3.06. The molecule has 0 saturated carbocycles. The molecule has 47 heavy (non-hydrogen) atoms. The summed E-state index contributed by atoms with van der Waals surface area (Å²) < 4.78 is 34.9. The summed E-state index contributed by atoms with van der Waals surface area (Å²) in [6, 6.07) is 27.1. The molecule has 4 rings (SSSR count). The van der Waals surface area contributed by atoms with Crippen LogP contribution in [0.2, 0.25) is 5.02 Å². The van der Waals surface area contributed by atoms with Gasteiger partial charge in [0.2, 0.25) is 11.8 Å². The Labute approximate surface area is 283 Å². The van der Waals surface area contributed by atoms with Crippen molar-refractivity contribution in [3.8, 4) is 5.75 Å². The predicted octanol–water partition coefficient (Wildman–Crippen LogP) is 6.72. The molecule has 0 bridgehead atoms. The second kappa shape index (κ2) is 16.0. The monoisotopic (exact) mass is 675 g/mol. The van der Waals surface area contributed by atoms with E-state index in [2.05, 4.69) is 5.32 Å². The van der Waals surface area contributed by atoms with Crippen molar-refractivity contribution in [2.75, 3.05) is 18.0 Å². The van der Waals surface area contributed by atoms with Gasteiger partial charge in [0, 0.05) is 19.0 Å². The lowest BCUT2D eigenvalue weighted by atomic mass is 10.0. The fourth-order valence-corrected chi connectivity index (χ4v) is 6.80. The van der Waals surface area contributed by atoms with Gasteiger partial charge < -0.3 is 15.0 Å². The second-order valence-corrected chi connectivity index (χ2v) is 13.9. The number of nitrogens with one attached hydrogen (secondary N) is 1. The fraction of sp³-hybridized carbons (Fsp3) is 0.297. The Morgan fingerprint density at radius 1 is 0.915 bits per heavy atom. The topological polar surface area (TPSA) is 96.0 Å². The van der Waals surface area contributed by atoms with E-state index < -0.39 is 28.5 Å². The van der Waals surface area contributed by atoms with E-state index in [1.54, 1.807) is 24.3 Å². The average molecular weight is 676 g/mol. The molecule has 2 amide bonds. The van der Waals surface area contributed by atoms with Gasteiger partial charge in [0.15, 0.2) is 0 Å². The molecule has 0 aromatic heterocycles. The largest absolute Gasteiger partial charge is 0.495 e. The first-order valence-electron chi connectivity index (χ1n) is 15.6. The lowest BCUT2D eigenvalue weighted by molar-refractivity contribution is -0.140. The van der Waals surface area contributed by atoms with Gasteiger partial charge in [-0.3, -0.25) is 13.9 Å². The third-order valence-electron chi connectivity index (χ3n) is 8.19. The standard InChI is InChI=1S/C37H42ClN3O5S/c1-6-28(4)39-37(43)34(22-29-13-8-7-9-14-29)40(24-30-15-11-10-12-27(30)3)36(42)25-41(31-18-21-35(46-5)33(38)23-31)47(44,45)32-19-16-26(2)17-20-32/h7-21,23,28,34H,6,22,24-25H2,1-5H3,(H,39,43)/t28-,34-/m1/s1. The minimum Gasteiger partial charge on any atom is -0.495 e. The molecular weight excluding hydrogens is 634 g/mol. The van der Waals surface area contributed by atoms with Gasteiger partial charge in [-0.05, 0) is 74.2 Å². The van der Waals surface area contributed by atoms with Crippen LogP contribution in [0.1, 0.15) is 42.5 Å². The summed E-state index contributed by atoms with van der Waals surface area (Å²) >= 11 is 6.46. The van der Waals surface area contributed by atoms with E-state index in [9.17, 15) is 18.0 Å². The van der Waals surface area contributed by atoms with Gasteiger partial charge in [0.1, 0.15) is 18.3 Å². The molecule has 0 radical (unpaired) electrons. The first kappa shape index (κ1) is 35.5. The molecular formula is C37H42ClN3O5S. The van der Waals surface area contributed by atoms with Crippen LogP contribution < -0.4 is 14.4 Å². The molecule has 0 aliphatic heterocycles. The lowest BCUT2D eigenvalue weighted by Crippen LogP contribution is -2.54. The third kappa shape index (κ3) is 8.93. The highest BCUT2D eigenvalue weighted by molar-refractivity contribution is 7.92. The van der Waals surface area contributed by atoms with Gasteiger partial charge in [0.25, 0.3) is 10.0 Å². The summed E-state index contributed by atoms with van der Waals surface area (Å²) in [6.07, 6.45) is 0.941. The molecule has 4 aromatic rings. The van der Waals surface area contributed by atoms with Crippen LogP contribution in [0.5, 0.6) is 5.75 Å². The molecule has 248 valence electrons. The van der Waals surface area contributed by atoms with Gasteiger partial charge in [-0.15, -0.1) is 0 Å². The number of anilines is 1. The molecule has 0 unspecified atom stereocenters. The Kier molecular flexibility index (Phi) is 12.1.